The molecule has 0 aromatic heterocycles. The fraction of sp³-hybridized carbons (Fsp3) is 0.562. The van der Waals surface area contributed by atoms with Gasteiger partial charge in [0.25, 0.3) is 0 Å². The molecule has 3 nitrogen and oxygen atoms in total. The lowest BCUT2D eigenvalue weighted by Crippen LogP contribution is -2.41. The molecule has 1 saturated heterocycles. The van der Waals surface area contributed by atoms with Gasteiger partial charge in [0.05, 0.1) is 6.54 Å². The minimum absolute atomic E-state index is 0.226. The molecule has 2 rings (SSSR count). The van der Waals surface area contributed by atoms with Crippen molar-refractivity contribution in [3.8, 4) is 0 Å². The minimum Gasteiger partial charge on any atom is -0.338 e. The molecule has 3 heteroatoms. The first-order valence-electron chi connectivity index (χ1n) is 7.18. The predicted octanol–water partition coefficient (Wildman–Crippen LogP) is 2.31. The van der Waals surface area contributed by atoms with Crippen LogP contribution in [0.25, 0.3) is 0 Å². The second kappa shape index (κ2) is 6.20. The number of carbonyl (C=O) groups is 1. The van der Waals surface area contributed by atoms with E-state index in [-0.39, 0.29) is 5.91 Å². The van der Waals surface area contributed by atoms with Crippen LogP contribution >= 0.6 is 0 Å². The van der Waals surface area contributed by atoms with Gasteiger partial charge in [-0.05, 0) is 32.4 Å². The zero-order valence-electron chi connectivity index (χ0n) is 12.1. The predicted molar refractivity (Wildman–Crippen MR) is 78.3 cm³/mol. The van der Waals surface area contributed by atoms with Crippen LogP contribution in [-0.4, -0.2) is 37.0 Å². The molecule has 1 fully saturated rings. The second-order valence-corrected chi connectivity index (χ2v) is 5.40. The molecule has 0 spiro atoms. The van der Waals surface area contributed by atoms with Crippen molar-refractivity contribution in [1.82, 2.24) is 10.2 Å². The van der Waals surface area contributed by atoms with Crippen molar-refractivity contribution in [3.05, 3.63) is 35.4 Å². The van der Waals surface area contributed by atoms with Crippen molar-refractivity contribution in [3.63, 3.8) is 0 Å². The van der Waals surface area contributed by atoms with Gasteiger partial charge in [-0.15, -0.1) is 0 Å². The molecular weight excluding hydrogens is 236 g/mol. The molecule has 0 aliphatic carbocycles. The van der Waals surface area contributed by atoms with Crippen LogP contribution in [0, 0.1) is 6.92 Å². The maximum Gasteiger partial charge on any atom is 0.236 e. The highest BCUT2D eigenvalue weighted by Crippen LogP contribution is 2.35. The third kappa shape index (κ3) is 2.98. The molecule has 1 heterocycles. The largest absolute Gasteiger partial charge is 0.338 e. The van der Waals surface area contributed by atoms with Crippen LogP contribution in [-0.2, 0) is 4.79 Å². The highest BCUT2D eigenvalue weighted by Gasteiger charge is 2.35. The summed E-state index contributed by atoms with van der Waals surface area (Å²) in [5.74, 6) is 0.718. The number of rotatable bonds is 4. The molecule has 1 amide bonds. The summed E-state index contributed by atoms with van der Waals surface area (Å²) in [7, 11) is 1.83. The number of amides is 1. The summed E-state index contributed by atoms with van der Waals surface area (Å²) >= 11 is 0. The normalized spacial score (nSPS) is 22.8. The first-order chi connectivity index (χ1) is 9.17. The van der Waals surface area contributed by atoms with Crippen molar-refractivity contribution in [1.29, 1.82) is 0 Å². The molecule has 1 aromatic carbocycles. The number of likely N-dealkylation sites (N-methyl/N-ethyl adjacent to an activating group) is 1. The van der Waals surface area contributed by atoms with E-state index < -0.39 is 0 Å². The molecule has 0 bridgehead atoms. The van der Waals surface area contributed by atoms with Gasteiger partial charge < -0.3 is 10.2 Å². The standard InChI is InChI=1S/C16H24N2O/c1-4-15-14(13-7-5-12(2)6-8-13)9-10-18(15)16(19)11-17-3/h5-8,14-15,17H,4,9-11H2,1-3H3. The van der Waals surface area contributed by atoms with Gasteiger partial charge >= 0.3 is 0 Å². The molecule has 1 aliphatic heterocycles. The maximum atomic E-state index is 12.1. The Morgan fingerprint density at radius 3 is 2.63 bits per heavy atom. The Balaban J connectivity index is 2.15. The van der Waals surface area contributed by atoms with Crippen LogP contribution in [0.5, 0.6) is 0 Å². The molecule has 1 aromatic rings. The summed E-state index contributed by atoms with van der Waals surface area (Å²) in [5, 5.41) is 2.96. The van der Waals surface area contributed by atoms with Gasteiger partial charge in [-0.3, -0.25) is 4.79 Å². The Hall–Kier alpha value is -1.35. The smallest absolute Gasteiger partial charge is 0.236 e. The average Bonchev–Trinajstić information content (AvgIpc) is 2.83. The van der Waals surface area contributed by atoms with E-state index in [0.29, 0.717) is 18.5 Å². The van der Waals surface area contributed by atoms with Crippen LogP contribution in [0.1, 0.15) is 36.8 Å². The van der Waals surface area contributed by atoms with Crippen molar-refractivity contribution >= 4 is 5.91 Å². The summed E-state index contributed by atoms with van der Waals surface area (Å²) in [4.78, 5) is 14.2. The van der Waals surface area contributed by atoms with Crippen molar-refractivity contribution in [2.75, 3.05) is 20.1 Å². The Kier molecular flexibility index (Phi) is 4.59. The van der Waals surface area contributed by atoms with Crippen molar-refractivity contribution < 1.29 is 4.79 Å². The SMILES string of the molecule is CCC1C(c2ccc(C)cc2)CCN1C(=O)CNC. The van der Waals surface area contributed by atoms with Gasteiger partial charge in [-0.2, -0.15) is 0 Å². The third-order valence-corrected chi connectivity index (χ3v) is 4.12. The molecule has 104 valence electrons. The quantitative estimate of drug-likeness (QED) is 0.901. The Labute approximate surface area is 116 Å². The summed E-state index contributed by atoms with van der Waals surface area (Å²) in [6.45, 7) is 5.62. The monoisotopic (exact) mass is 260 g/mol. The van der Waals surface area contributed by atoms with E-state index in [1.165, 1.54) is 11.1 Å². The summed E-state index contributed by atoms with van der Waals surface area (Å²) in [6.07, 6.45) is 2.10. The molecule has 19 heavy (non-hydrogen) atoms. The number of nitrogens with one attached hydrogen (secondary N) is 1. The van der Waals surface area contributed by atoms with Gasteiger partial charge in [-0.25, -0.2) is 0 Å². The number of aryl methyl sites for hydroxylation is 1. The molecule has 0 saturated carbocycles. The van der Waals surface area contributed by atoms with Crippen LogP contribution < -0.4 is 5.32 Å². The van der Waals surface area contributed by atoms with Gasteiger partial charge in [0.2, 0.25) is 5.91 Å². The van der Waals surface area contributed by atoms with Crippen LogP contribution in [0.2, 0.25) is 0 Å². The maximum absolute atomic E-state index is 12.1. The first kappa shape index (κ1) is 14.1. The fourth-order valence-corrected chi connectivity index (χ4v) is 3.12. The van der Waals surface area contributed by atoms with E-state index in [1.54, 1.807) is 0 Å². The average molecular weight is 260 g/mol. The highest BCUT2D eigenvalue weighted by atomic mass is 16.2. The van der Waals surface area contributed by atoms with E-state index in [1.807, 2.05) is 7.05 Å². The highest BCUT2D eigenvalue weighted by molar-refractivity contribution is 5.79. The Morgan fingerprint density at radius 2 is 2.05 bits per heavy atom. The number of carbonyl (C=O) groups excluding carboxylic acids is 1. The van der Waals surface area contributed by atoms with E-state index >= 15 is 0 Å². The molecule has 2 atom stereocenters. The van der Waals surface area contributed by atoms with Crippen LogP contribution in [0.4, 0.5) is 0 Å². The van der Waals surface area contributed by atoms with Gasteiger partial charge in [0.15, 0.2) is 0 Å². The molecule has 0 radical (unpaired) electrons. The van der Waals surface area contributed by atoms with Crippen LogP contribution in [0.15, 0.2) is 24.3 Å². The molecule has 1 aliphatic rings. The minimum atomic E-state index is 0.226. The third-order valence-electron chi connectivity index (χ3n) is 4.12. The summed E-state index contributed by atoms with van der Waals surface area (Å²) < 4.78 is 0. The van der Waals surface area contributed by atoms with Crippen molar-refractivity contribution in [2.24, 2.45) is 0 Å². The number of hydrogen-bond acceptors (Lipinski definition) is 2. The fourth-order valence-electron chi connectivity index (χ4n) is 3.12. The van der Waals surface area contributed by atoms with Gasteiger partial charge in [0, 0.05) is 18.5 Å². The van der Waals surface area contributed by atoms with Gasteiger partial charge in [0.1, 0.15) is 0 Å². The number of benzene rings is 1. The van der Waals surface area contributed by atoms with E-state index in [4.69, 9.17) is 0 Å². The lowest BCUT2D eigenvalue weighted by Gasteiger charge is -2.27. The van der Waals surface area contributed by atoms with E-state index in [9.17, 15) is 4.79 Å². The number of hydrogen-bond donors (Lipinski definition) is 1. The Morgan fingerprint density at radius 1 is 1.37 bits per heavy atom. The summed E-state index contributed by atoms with van der Waals surface area (Å²) in [6, 6.07) is 9.12. The first-order valence-corrected chi connectivity index (χ1v) is 7.18. The Bertz CT molecular complexity index is 427. The second-order valence-electron chi connectivity index (χ2n) is 5.40. The zero-order chi connectivity index (χ0) is 13.8. The lowest BCUT2D eigenvalue weighted by molar-refractivity contribution is -0.131. The molecular formula is C16H24N2O. The lowest BCUT2D eigenvalue weighted by atomic mass is 9.90. The van der Waals surface area contributed by atoms with Crippen molar-refractivity contribution in [2.45, 2.75) is 38.6 Å². The van der Waals surface area contributed by atoms with Gasteiger partial charge in [-0.1, -0.05) is 36.8 Å². The molecule has 1 N–H and O–H groups in total. The molecule has 2 unspecified atom stereocenters. The van der Waals surface area contributed by atoms with E-state index in [2.05, 4.69) is 48.3 Å². The topological polar surface area (TPSA) is 32.3 Å². The number of nitrogens with zero attached hydrogens (tertiary/aromatic N) is 1. The zero-order valence-corrected chi connectivity index (χ0v) is 12.1. The van der Waals surface area contributed by atoms with E-state index in [0.717, 1.165) is 19.4 Å². The van der Waals surface area contributed by atoms with Crippen LogP contribution in [0.3, 0.4) is 0 Å². The summed E-state index contributed by atoms with van der Waals surface area (Å²) in [5.41, 5.74) is 2.66. The number of likely N-dealkylation sites (tertiary alicyclic amines) is 1.